The summed E-state index contributed by atoms with van der Waals surface area (Å²) in [5.41, 5.74) is 0. The van der Waals surface area contributed by atoms with E-state index in [1.165, 1.54) is 0 Å². The van der Waals surface area contributed by atoms with Crippen LogP contribution in [0.3, 0.4) is 0 Å². The van der Waals surface area contributed by atoms with E-state index in [0.29, 0.717) is 0 Å². The molecule has 0 aliphatic carbocycles. The number of amides is 1. The van der Waals surface area contributed by atoms with Gasteiger partial charge in [-0.25, -0.2) is 9.97 Å². The van der Waals surface area contributed by atoms with E-state index in [1.54, 1.807) is 0 Å². The van der Waals surface area contributed by atoms with Crippen LogP contribution in [-0.2, 0) is 11.2 Å². The maximum absolute atomic E-state index is 11.8. The van der Waals surface area contributed by atoms with E-state index in [-0.39, 0.29) is 17.9 Å². The summed E-state index contributed by atoms with van der Waals surface area (Å²) in [5, 5.41) is 2.97. The molecule has 0 spiro atoms. The van der Waals surface area contributed by atoms with Gasteiger partial charge >= 0.3 is 0 Å². The second kappa shape index (κ2) is 5.07. The first-order valence-electron chi connectivity index (χ1n) is 6.77. The molecule has 2 aliphatic heterocycles. The molecule has 2 atom stereocenters. The maximum atomic E-state index is 11.8. The summed E-state index contributed by atoms with van der Waals surface area (Å²) >= 11 is 3.44. The summed E-state index contributed by atoms with van der Waals surface area (Å²) in [7, 11) is 0. The number of aryl methyl sites for hydroxylation is 1. The molecule has 1 aromatic heterocycles. The van der Waals surface area contributed by atoms with Crippen LogP contribution in [0.4, 0.5) is 5.82 Å². The van der Waals surface area contributed by atoms with Gasteiger partial charge in [0.15, 0.2) is 0 Å². The lowest BCUT2D eigenvalue weighted by Crippen LogP contribution is -2.46. The molecule has 0 aromatic carbocycles. The Hall–Kier alpha value is -1.17. The fourth-order valence-corrected chi connectivity index (χ4v) is 3.40. The number of rotatable bonds is 2. The van der Waals surface area contributed by atoms with Gasteiger partial charge in [-0.2, -0.15) is 0 Å². The van der Waals surface area contributed by atoms with E-state index in [2.05, 4.69) is 36.1 Å². The minimum Gasteiger partial charge on any atom is -0.354 e. The molecule has 19 heavy (non-hydrogen) atoms. The Morgan fingerprint density at radius 2 is 2.37 bits per heavy atom. The molecule has 2 fully saturated rings. The number of aromatic nitrogens is 2. The Balaban J connectivity index is 1.92. The lowest BCUT2D eigenvalue weighted by molar-refractivity contribution is -0.122. The first-order chi connectivity index (χ1) is 9.19. The lowest BCUT2D eigenvalue weighted by atomic mass is 9.91. The third-order valence-electron chi connectivity index (χ3n) is 3.94. The second-order valence-corrected chi connectivity index (χ2v) is 5.89. The van der Waals surface area contributed by atoms with Gasteiger partial charge in [0, 0.05) is 25.6 Å². The Morgan fingerprint density at radius 1 is 1.53 bits per heavy atom. The number of carbonyl (C=O) groups is 1. The number of halogens is 1. The fourth-order valence-electron chi connectivity index (χ4n) is 2.99. The van der Waals surface area contributed by atoms with Crippen LogP contribution in [0.1, 0.15) is 25.6 Å². The number of nitrogens with one attached hydrogen (secondary N) is 1. The number of hydrogen-bond acceptors (Lipinski definition) is 4. The van der Waals surface area contributed by atoms with Gasteiger partial charge in [0.2, 0.25) is 5.91 Å². The number of piperidine rings is 1. The summed E-state index contributed by atoms with van der Waals surface area (Å²) in [5.74, 6) is 2.08. The second-order valence-electron chi connectivity index (χ2n) is 5.07. The van der Waals surface area contributed by atoms with Crippen molar-refractivity contribution in [1.82, 2.24) is 15.3 Å². The number of hydrogen-bond donors (Lipinski definition) is 1. The fraction of sp³-hybridized carbons (Fsp3) is 0.615. The maximum Gasteiger partial charge on any atom is 0.225 e. The van der Waals surface area contributed by atoms with Crippen molar-refractivity contribution in [1.29, 1.82) is 0 Å². The minimum absolute atomic E-state index is 0.118. The molecule has 6 heteroatoms. The third-order valence-corrected chi connectivity index (χ3v) is 4.35. The molecule has 3 rings (SSSR count). The van der Waals surface area contributed by atoms with Crippen LogP contribution in [0.2, 0.25) is 0 Å². The molecule has 2 saturated heterocycles. The van der Waals surface area contributed by atoms with Gasteiger partial charge in [-0.15, -0.1) is 0 Å². The zero-order valence-electron chi connectivity index (χ0n) is 10.9. The van der Waals surface area contributed by atoms with Gasteiger partial charge in [0.05, 0.1) is 12.0 Å². The van der Waals surface area contributed by atoms with Crippen molar-refractivity contribution in [2.24, 2.45) is 5.92 Å². The smallest absolute Gasteiger partial charge is 0.225 e. The van der Waals surface area contributed by atoms with E-state index < -0.39 is 0 Å². The summed E-state index contributed by atoms with van der Waals surface area (Å²) in [6.45, 7) is 3.74. The Labute approximate surface area is 120 Å². The van der Waals surface area contributed by atoms with Crippen molar-refractivity contribution >= 4 is 27.7 Å². The van der Waals surface area contributed by atoms with Crippen LogP contribution in [0.15, 0.2) is 10.7 Å². The Morgan fingerprint density at radius 3 is 3.16 bits per heavy atom. The van der Waals surface area contributed by atoms with Crippen molar-refractivity contribution in [2.45, 2.75) is 32.2 Å². The van der Waals surface area contributed by atoms with Crippen LogP contribution in [0, 0.1) is 5.92 Å². The molecule has 3 heterocycles. The molecule has 1 aromatic rings. The summed E-state index contributed by atoms with van der Waals surface area (Å²) in [6.07, 6.45) is 2.84. The minimum atomic E-state index is 0.118. The van der Waals surface area contributed by atoms with Crippen molar-refractivity contribution in [3.05, 3.63) is 16.5 Å². The van der Waals surface area contributed by atoms with Crippen molar-refractivity contribution < 1.29 is 4.79 Å². The molecule has 1 amide bonds. The number of carbonyl (C=O) groups excluding carboxylic acids is 1. The molecular weight excluding hydrogens is 308 g/mol. The van der Waals surface area contributed by atoms with E-state index in [9.17, 15) is 4.79 Å². The molecule has 2 aliphatic rings. The van der Waals surface area contributed by atoms with E-state index in [1.807, 2.05) is 13.0 Å². The summed E-state index contributed by atoms with van der Waals surface area (Å²) < 4.78 is 0.814. The number of fused-ring (bicyclic) bond motifs is 1. The van der Waals surface area contributed by atoms with E-state index >= 15 is 0 Å². The zero-order valence-corrected chi connectivity index (χ0v) is 12.5. The Kier molecular flexibility index (Phi) is 3.43. The molecule has 0 bridgehead atoms. The van der Waals surface area contributed by atoms with Crippen LogP contribution < -0.4 is 10.2 Å². The average molecular weight is 325 g/mol. The SMILES string of the molecule is CCc1nc(Br)cc(N2CCCC3C(=O)NCC32)n1. The summed E-state index contributed by atoms with van der Waals surface area (Å²) in [4.78, 5) is 23.0. The third kappa shape index (κ3) is 2.33. The normalized spacial score (nSPS) is 26.2. The largest absolute Gasteiger partial charge is 0.354 e. The topological polar surface area (TPSA) is 58.1 Å². The van der Waals surface area contributed by atoms with E-state index in [4.69, 9.17) is 0 Å². The summed E-state index contributed by atoms with van der Waals surface area (Å²) in [6, 6.07) is 2.19. The van der Waals surface area contributed by atoms with Crippen LogP contribution in [-0.4, -0.2) is 35.0 Å². The van der Waals surface area contributed by atoms with Crippen molar-refractivity contribution in [3.63, 3.8) is 0 Å². The molecule has 0 radical (unpaired) electrons. The van der Waals surface area contributed by atoms with Gasteiger partial charge in [-0.05, 0) is 28.8 Å². The first-order valence-corrected chi connectivity index (χ1v) is 7.56. The van der Waals surface area contributed by atoms with E-state index in [0.717, 1.165) is 48.6 Å². The zero-order chi connectivity index (χ0) is 13.4. The predicted octanol–water partition coefficient (Wildman–Crippen LogP) is 1.52. The molecule has 5 nitrogen and oxygen atoms in total. The van der Waals surface area contributed by atoms with Crippen LogP contribution >= 0.6 is 15.9 Å². The van der Waals surface area contributed by atoms with Crippen LogP contribution in [0.5, 0.6) is 0 Å². The number of nitrogens with zero attached hydrogens (tertiary/aromatic N) is 3. The molecule has 1 N–H and O–H groups in total. The highest BCUT2D eigenvalue weighted by Crippen LogP contribution is 2.31. The quantitative estimate of drug-likeness (QED) is 0.838. The van der Waals surface area contributed by atoms with Gasteiger partial charge in [-0.1, -0.05) is 6.92 Å². The molecule has 102 valence electrons. The molecule has 0 saturated carbocycles. The predicted molar refractivity (Wildman–Crippen MR) is 76.0 cm³/mol. The lowest BCUT2D eigenvalue weighted by Gasteiger charge is -2.36. The molecule has 2 unspecified atom stereocenters. The Bertz CT molecular complexity index is 507. The van der Waals surface area contributed by atoms with Crippen LogP contribution in [0.25, 0.3) is 0 Å². The van der Waals surface area contributed by atoms with Gasteiger partial charge in [0.25, 0.3) is 0 Å². The first kappa shape index (κ1) is 12.8. The highest BCUT2D eigenvalue weighted by Gasteiger charge is 2.41. The van der Waals surface area contributed by atoms with Gasteiger partial charge < -0.3 is 10.2 Å². The van der Waals surface area contributed by atoms with Crippen molar-refractivity contribution in [3.8, 4) is 0 Å². The van der Waals surface area contributed by atoms with Crippen molar-refractivity contribution in [2.75, 3.05) is 18.0 Å². The molecular formula is C13H17BrN4O. The van der Waals surface area contributed by atoms with Gasteiger partial charge in [0.1, 0.15) is 16.2 Å². The van der Waals surface area contributed by atoms with Gasteiger partial charge in [-0.3, -0.25) is 4.79 Å². The number of anilines is 1. The highest BCUT2D eigenvalue weighted by molar-refractivity contribution is 9.10. The highest BCUT2D eigenvalue weighted by atomic mass is 79.9. The monoisotopic (exact) mass is 324 g/mol. The standard InChI is InChI=1S/C13H17BrN4O/c1-2-11-16-10(14)6-12(17-11)18-5-3-4-8-9(18)7-15-13(8)19/h6,8-9H,2-5,7H2,1H3,(H,15,19). The average Bonchev–Trinajstić information content (AvgIpc) is 2.80.